The second kappa shape index (κ2) is 9.60. The number of hydrogen-bond acceptors (Lipinski definition) is 5. The number of alkyl halides is 7. The maximum Gasteiger partial charge on any atom is 0.418 e. The van der Waals surface area contributed by atoms with Gasteiger partial charge in [0.2, 0.25) is 5.91 Å². The number of carbonyl (C=O) groups is 4. The summed E-state index contributed by atoms with van der Waals surface area (Å²) >= 11 is 0. The van der Waals surface area contributed by atoms with E-state index in [4.69, 9.17) is 10.5 Å². The fourth-order valence-electron chi connectivity index (χ4n) is 2.66. The zero-order valence-corrected chi connectivity index (χ0v) is 16.2. The Morgan fingerprint density at radius 2 is 1.76 bits per heavy atom. The summed E-state index contributed by atoms with van der Waals surface area (Å²) in [6.07, 6.45) is -9.50. The molecule has 0 saturated carbocycles. The number of primary amides is 1. The third kappa shape index (κ3) is 5.88. The van der Waals surface area contributed by atoms with Crippen LogP contribution in [0.15, 0.2) is 18.2 Å². The Labute approximate surface area is 180 Å². The standard InChI is InChI=1S/C17H15F7N4O5/c18-14(19)16(20,21)15(32)27-11(12(25)30)13(31)26-7-1-2-9(8(5-7)17(22,23)24)28-3-4-33-6-10(28)29/h1-2,5,11,14H,3-4,6H2,(H2,25,30)(H,26,31)(H,27,32)/t11-/m0/s1. The summed E-state index contributed by atoms with van der Waals surface area (Å²) in [6, 6.07) is -0.524. The molecular weight excluding hydrogens is 473 g/mol. The highest BCUT2D eigenvalue weighted by atomic mass is 19.4. The molecule has 4 N–H and O–H groups in total. The Morgan fingerprint density at radius 1 is 1.12 bits per heavy atom. The number of anilines is 2. The van der Waals surface area contributed by atoms with Gasteiger partial charge in [0.15, 0.2) is 6.04 Å². The van der Waals surface area contributed by atoms with E-state index in [0.29, 0.717) is 6.07 Å². The first-order chi connectivity index (χ1) is 15.2. The van der Waals surface area contributed by atoms with E-state index < -0.39 is 71.7 Å². The number of nitrogens with one attached hydrogen (secondary N) is 2. The predicted octanol–water partition coefficient (Wildman–Crippen LogP) is 0.878. The third-order valence-electron chi connectivity index (χ3n) is 4.25. The summed E-state index contributed by atoms with van der Waals surface area (Å²) in [6.45, 7) is -0.689. The molecule has 0 radical (unpaired) electrons. The van der Waals surface area contributed by atoms with Crippen molar-refractivity contribution >= 4 is 35.0 Å². The number of nitrogens with zero attached hydrogens (tertiary/aromatic N) is 1. The van der Waals surface area contributed by atoms with Crippen LogP contribution in [0.1, 0.15) is 5.56 Å². The zero-order valence-electron chi connectivity index (χ0n) is 16.2. The second-order valence-electron chi connectivity index (χ2n) is 6.55. The number of nitrogens with two attached hydrogens (primary N) is 1. The third-order valence-corrected chi connectivity index (χ3v) is 4.25. The van der Waals surface area contributed by atoms with Gasteiger partial charge in [-0.25, -0.2) is 8.78 Å². The van der Waals surface area contributed by atoms with Gasteiger partial charge in [-0.1, -0.05) is 0 Å². The van der Waals surface area contributed by atoms with E-state index >= 15 is 0 Å². The molecule has 16 heteroatoms. The lowest BCUT2D eigenvalue weighted by Crippen LogP contribution is -2.57. The van der Waals surface area contributed by atoms with Gasteiger partial charge in [-0.15, -0.1) is 0 Å². The maximum absolute atomic E-state index is 13.5. The minimum Gasteiger partial charge on any atom is -0.370 e. The molecular formula is C17H15F7N4O5. The minimum atomic E-state index is -5.27. The molecule has 1 atom stereocenters. The largest absolute Gasteiger partial charge is 0.418 e. The molecule has 0 spiro atoms. The maximum atomic E-state index is 13.5. The van der Waals surface area contributed by atoms with Crippen molar-refractivity contribution in [1.82, 2.24) is 5.32 Å². The van der Waals surface area contributed by atoms with Crippen molar-refractivity contribution in [3.8, 4) is 0 Å². The molecule has 1 heterocycles. The normalized spacial score (nSPS) is 15.9. The van der Waals surface area contributed by atoms with Crippen molar-refractivity contribution in [1.29, 1.82) is 0 Å². The molecule has 0 unspecified atom stereocenters. The molecule has 1 aromatic carbocycles. The lowest BCUT2D eigenvalue weighted by Gasteiger charge is -2.29. The Bertz CT molecular complexity index is 954. The van der Waals surface area contributed by atoms with Crippen molar-refractivity contribution in [3.05, 3.63) is 23.8 Å². The first-order valence-corrected chi connectivity index (χ1v) is 8.82. The monoisotopic (exact) mass is 488 g/mol. The summed E-state index contributed by atoms with van der Waals surface area (Å²) in [5, 5.41) is 2.78. The SMILES string of the molecule is NC(=O)[C@H](NC(=O)C(F)(F)C(F)F)C(=O)Nc1ccc(N2CCOCC2=O)c(C(F)(F)F)c1. The van der Waals surface area contributed by atoms with Crippen LogP contribution in [0.2, 0.25) is 0 Å². The highest BCUT2D eigenvalue weighted by Crippen LogP contribution is 2.38. The first-order valence-electron chi connectivity index (χ1n) is 8.82. The lowest BCUT2D eigenvalue weighted by molar-refractivity contribution is -0.171. The Hall–Kier alpha value is -3.43. The summed E-state index contributed by atoms with van der Waals surface area (Å²) in [5.74, 6) is -12.2. The summed E-state index contributed by atoms with van der Waals surface area (Å²) in [5.41, 5.74) is 2.24. The van der Waals surface area contributed by atoms with Crippen LogP contribution in [0.3, 0.4) is 0 Å². The molecule has 1 aromatic rings. The van der Waals surface area contributed by atoms with Crippen LogP contribution in [0.25, 0.3) is 0 Å². The number of benzene rings is 1. The summed E-state index contributed by atoms with van der Waals surface area (Å²) in [4.78, 5) is 47.5. The predicted molar refractivity (Wildman–Crippen MR) is 95.3 cm³/mol. The topological polar surface area (TPSA) is 131 Å². The summed E-state index contributed by atoms with van der Waals surface area (Å²) < 4.78 is 96.2. The van der Waals surface area contributed by atoms with Gasteiger partial charge in [-0.3, -0.25) is 19.2 Å². The number of amides is 4. The van der Waals surface area contributed by atoms with Gasteiger partial charge in [0.1, 0.15) is 6.61 Å². The van der Waals surface area contributed by atoms with Crippen LogP contribution < -0.4 is 21.3 Å². The van der Waals surface area contributed by atoms with Gasteiger partial charge in [0, 0.05) is 12.2 Å². The number of morpholine rings is 1. The number of hydrogen-bond donors (Lipinski definition) is 3. The average molecular weight is 488 g/mol. The van der Waals surface area contributed by atoms with E-state index in [1.807, 2.05) is 0 Å². The quantitative estimate of drug-likeness (QED) is 0.388. The van der Waals surface area contributed by atoms with E-state index in [2.05, 4.69) is 0 Å². The Morgan fingerprint density at radius 3 is 2.27 bits per heavy atom. The lowest BCUT2D eigenvalue weighted by atomic mass is 10.1. The molecule has 2 rings (SSSR count). The fourth-order valence-corrected chi connectivity index (χ4v) is 2.66. The Kier molecular flexibility index (Phi) is 7.51. The molecule has 0 bridgehead atoms. The van der Waals surface area contributed by atoms with Gasteiger partial charge in [-0.2, -0.15) is 22.0 Å². The van der Waals surface area contributed by atoms with Crippen LogP contribution in [-0.4, -0.2) is 61.8 Å². The average Bonchev–Trinajstić information content (AvgIpc) is 2.71. The summed E-state index contributed by atoms with van der Waals surface area (Å²) in [7, 11) is 0. The molecule has 1 aliphatic heterocycles. The molecule has 1 saturated heterocycles. The number of ether oxygens (including phenoxy) is 1. The van der Waals surface area contributed by atoms with Crippen LogP contribution in [0, 0.1) is 0 Å². The fraction of sp³-hybridized carbons (Fsp3) is 0.412. The van der Waals surface area contributed by atoms with Crippen LogP contribution in [0.4, 0.5) is 42.1 Å². The highest BCUT2D eigenvalue weighted by molar-refractivity contribution is 6.12. The zero-order chi connectivity index (χ0) is 25.1. The molecule has 1 aliphatic rings. The molecule has 0 aromatic heterocycles. The Balaban J connectivity index is 2.31. The van der Waals surface area contributed by atoms with Gasteiger partial charge >= 0.3 is 18.5 Å². The van der Waals surface area contributed by atoms with E-state index in [-0.39, 0.29) is 13.2 Å². The molecule has 33 heavy (non-hydrogen) atoms. The van der Waals surface area contributed by atoms with Crippen LogP contribution in [-0.2, 0) is 30.1 Å². The second-order valence-corrected chi connectivity index (χ2v) is 6.55. The number of halogens is 7. The van der Waals surface area contributed by atoms with Crippen LogP contribution >= 0.6 is 0 Å². The van der Waals surface area contributed by atoms with E-state index in [9.17, 15) is 49.9 Å². The molecule has 182 valence electrons. The van der Waals surface area contributed by atoms with E-state index in [1.165, 1.54) is 0 Å². The first kappa shape index (κ1) is 25.8. The van der Waals surface area contributed by atoms with Crippen LogP contribution in [0.5, 0.6) is 0 Å². The number of carbonyl (C=O) groups excluding carboxylic acids is 4. The molecule has 9 nitrogen and oxygen atoms in total. The molecule has 4 amide bonds. The van der Waals surface area contributed by atoms with E-state index in [1.54, 1.807) is 5.32 Å². The van der Waals surface area contributed by atoms with Crippen molar-refractivity contribution in [2.45, 2.75) is 24.6 Å². The van der Waals surface area contributed by atoms with Crippen molar-refractivity contribution in [2.75, 3.05) is 30.0 Å². The number of rotatable bonds is 7. The smallest absolute Gasteiger partial charge is 0.370 e. The van der Waals surface area contributed by atoms with Gasteiger partial charge in [0.05, 0.1) is 17.9 Å². The molecule has 0 aliphatic carbocycles. The molecule has 1 fully saturated rings. The minimum absolute atomic E-state index is 0.0369. The van der Waals surface area contributed by atoms with Gasteiger partial charge in [0.25, 0.3) is 17.7 Å². The van der Waals surface area contributed by atoms with E-state index in [0.717, 1.165) is 22.3 Å². The van der Waals surface area contributed by atoms with Crippen molar-refractivity contribution in [3.63, 3.8) is 0 Å². The highest BCUT2D eigenvalue weighted by Gasteiger charge is 2.50. The van der Waals surface area contributed by atoms with Crippen molar-refractivity contribution in [2.24, 2.45) is 5.73 Å². The van der Waals surface area contributed by atoms with Gasteiger partial charge in [-0.05, 0) is 18.2 Å². The van der Waals surface area contributed by atoms with Gasteiger partial charge < -0.3 is 26.0 Å². The van der Waals surface area contributed by atoms with Crippen molar-refractivity contribution < 1.29 is 54.6 Å².